The molecule has 128 valence electrons. The van der Waals surface area contributed by atoms with Crippen molar-refractivity contribution < 1.29 is 0 Å². The lowest BCUT2D eigenvalue weighted by Gasteiger charge is -2.24. The Morgan fingerprint density at radius 1 is 0.667 bits per heavy atom. The molecule has 1 N–H and O–H groups in total. The van der Waals surface area contributed by atoms with Crippen molar-refractivity contribution in [3.05, 3.63) is 0 Å². The van der Waals surface area contributed by atoms with E-state index in [1.165, 1.54) is 90.0 Å². The van der Waals surface area contributed by atoms with Crippen molar-refractivity contribution >= 4 is 0 Å². The van der Waals surface area contributed by atoms with Crippen molar-refractivity contribution in [1.82, 2.24) is 5.32 Å². The number of nitrogens with one attached hydrogen (secondary N) is 1. The molecule has 0 aliphatic carbocycles. The average Bonchev–Trinajstić information content (AvgIpc) is 2.51. The van der Waals surface area contributed by atoms with Crippen molar-refractivity contribution in [2.45, 2.75) is 117 Å². The Labute approximate surface area is 135 Å². The van der Waals surface area contributed by atoms with Crippen LogP contribution in [0, 0.1) is 5.92 Å². The van der Waals surface area contributed by atoms with Gasteiger partial charge in [-0.05, 0) is 25.3 Å². The summed E-state index contributed by atoms with van der Waals surface area (Å²) in [5.41, 5.74) is 0. The molecule has 0 aliphatic rings. The first kappa shape index (κ1) is 21.0. The summed E-state index contributed by atoms with van der Waals surface area (Å²) in [6.45, 7) is 10.5. The zero-order chi connectivity index (χ0) is 15.8. The van der Waals surface area contributed by atoms with Crippen molar-refractivity contribution in [1.29, 1.82) is 0 Å². The van der Waals surface area contributed by atoms with Gasteiger partial charge in [0.1, 0.15) is 0 Å². The van der Waals surface area contributed by atoms with Crippen molar-refractivity contribution in [2.24, 2.45) is 5.92 Å². The molecule has 2 unspecified atom stereocenters. The summed E-state index contributed by atoms with van der Waals surface area (Å²) in [5, 5.41) is 3.75. The van der Waals surface area contributed by atoms with Crippen LogP contribution in [0.2, 0.25) is 0 Å². The minimum absolute atomic E-state index is 0.754. The molecule has 0 spiro atoms. The van der Waals surface area contributed by atoms with Gasteiger partial charge in [-0.1, -0.05) is 98.3 Å². The maximum absolute atomic E-state index is 3.75. The Balaban J connectivity index is 3.44. The predicted molar refractivity (Wildman–Crippen MR) is 98.0 cm³/mol. The molecule has 2 atom stereocenters. The van der Waals surface area contributed by atoms with Crippen LogP contribution in [0.1, 0.15) is 111 Å². The van der Waals surface area contributed by atoms with Crippen LogP contribution < -0.4 is 5.32 Å². The Bertz CT molecular complexity index is 190. The van der Waals surface area contributed by atoms with Crippen LogP contribution >= 0.6 is 0 Å². The number of rotatable bonds is 16. The topological polar surface area (TPSA) is 12.0 Å². The van der Waals surface area contributed by atoms with E-state index in [2.05, 4.69) is 33.0 Å². The average molecular weight is 298 g/mol. The van der Waals surface area contributed by atoms with Crippen LogP contribution in [-0.4, -0.2) is 12.6 Å². The van der Waals surface area contributed by atoms with Gasteiger partial charge >= 0.3 is 0 Å². The van der Waals surface area contributed by atoms with E-state index in [0.717, 1.165) is 12.0 Å². The standard InChI is InChI=1S/C20H43N/c1-5-8-9-10-11-12-13-14-15-16-17-20(19(4)7-3)21-18-6-2/h19-21H,5-18H2,1-4H3. The lowest BCUT2D eigenvalue weighted by atomic mass is 9.93. The third-order valence-electron chi connectivity index (χ3n) is 4.86. The van der Waals surface area contributed by atoms with Gasteiger partial charge in [0.25, 0.3) is 0 Å². The molecular formula is C20H43N. The highest BCUT2D eigenvalue weighted by Crippen LogP contribution is 2.16. The second kappa shape index (κ2) is 16.3. The smallest absolute Gasteiger partial charge is 0.00925 e. The molecule has 0 fully saturated rings. The van der Waals surface area contributed by atoms with Crippen molar-refractivity contribution in [3.63, 3.8) is 0 Å². The fourth-order valence-corrected chi connectivity index (χ4v) is 3.05. The Morgan fingerprint density at radius 3 is 1.67 bits per heavy atom. The summed E-state index contributed by atoms with van der Waals surface area (Å²) in [6.07, 6.45) is 18.4. The maximum atomic E-state index is 3.75. The van der Waals surface area contributed by atoms with Crippen LogP contribution in [0.5, 0.6) is 0 Å². The van der Waals surface area contributed by atoms with E-state index in [0.29, 0.717) is 0 Å². The molecule has 1 heteroatoms. The van der Waals surface area contributed by atoms with Gasteiger partial charge in [0.2, 0.25) is 0 Å². The summed E-state index contributed by atoms with van der Waals surface area (Å²) in [5.74, 6) is 0.829. The highest BCUT2D eigenvalue weighted by molar-refractivity contribution is 4.72. The first-order chi connectivity index (χ1) is 10.3. The summed E-state index contributed by atoms with van der Waals surface area (Å²) in [4.78, 5) is 0. The molecule has 1 nitrogen and oxygen atoms in total. The number of hydrogen-bond donors (Lipinski definition) is 1. The van der Waals surface area contributed by atoms with Crippen molar-refractivity contribution in [3.8, 4) is 0 Å². The van der Waals surface area contributed by atoms with E-state index < -0.39 is 0 Å². The molecule has 0 heterocycles. The Hall–Kier alpha value is -0.0400. The fourth-order valence-electron chi connectivity index (χ4n) is 3.05. The number of unbranched alkanes of at least 4 members (excludes halogenated alkanes) is 9. The van der Waals surface area contributed by atoms with Crippen molar-refractivity contribution in [2.75, 3.05) is 6.54 Å². The quantitative estimate of drug-likeness (QED) is 0.312. The largest absolute Gasteiger partial charge is 0.314 e. The molecule has 0 aliphatic heterocycles. The van der Waals surface area contributed by atoms with Gasteiger partial charge in [-0.2, -0.15) is 0 Å². The normalized spacial score (nSPS) is 14.3. The van der Waals surface area contributed by atoms with Gasteiger partial charge in [-0.15, -0.1) is 0 Å². The SMILES string of the molecule is CCCCCCCCCCCCC(NCCC)C(C)CC. The Morgan fingerprint density at radius 2 is 1.19 bits per heavy atom. The molecule has 0 aromatic heterocycles. The van der Waals surface area contributed by atoms with Crippen LogP contribution in [0.3, 0.4) is 0 Å². The monoisotopic (exact) mass is 297 g/mol. The van der Waals surface area contributed by atoms with Crippen LogP contribution in [0.25, 0.3) is 0 Å². The molecular weight excluding hydrogens is 254 g/mol. The number of hydrogen-bond acceptors (Lipinski definition) is 1. The molecule has 21 heavy (non-hydrogen) atoms. The molecule has 0 bridgehead atoms. The van der Waals surface area contributed by atoms with E-state index in [1.54, 1.807) is 0 Å². The zero-order valence-electron chi connectivity index (χ0n) is 15.6. The van der Waals surface area contributed by atoms with Crippen LogP contribution in [0.4, 0.5) is 0 Å². The van der Waals surface area contributed by atoms with E-state index in [-0.39, 0.29) is 0 Å². The summed E-state index contributed by atoms with van der Waals surface area (Å²) >= 11 is 0. The van der Waals surface area contributed by atoms with E-state index >= 15 is 0 Å². The fraction of sp³-hybridized carbons (Fsp3) is 1.00. The van der Waals surface area contributed by atoms with Crippen LogP contribution in [-0.2, 0) is 0 Å². The zero-order valence-corrected chi connectivity index (χ0v) is 15.6. The van der Waals surface area contributed by atoms with Gasteiger partial charge in [-0.25, -0.2) is 0 Å². The third kappa shape index (κ3) is 13.4. The maximum Gasteiger partial charge on any atom is 0.00925 e. The predicted octanol–water partition coefficient (Wildman–Crippen LogP) is 6.71. The first-order valence-electron chi connectivity index (χ1n) is 9.99. The molecule has 0 saturated heterocycles. The first-order valence-corrected chi connectivity index (χ1v) is 9.99. The highest BCUT2D eigenvalue weighted by atomic mass is 14.9. The minimum Gasteiger partial charge on any atom is -0.314 e. The Kier molecular flexibility index (Phi) is 16.3. The second-order valence-electron chi connectivity index (χ2n) is 6.92. The van der Waals surface area contributed by atoms with E-state index in [9.17, 15) is 0 Å². The van der Waals surface area contributed by atoms with Gasteiger partial charge < -0.3 is 5.32 Å². The molecule has 0 radical (unpaired) electrons. The summed E-state index contributed by atoms with van der Waals surface area (Å²) in [6, 6.07) is 0.754. The third-order valence-corrected chi connectivity index (χ3v) is 4.86. The van der Waals surface area contributed by atoms with E-state index in [4.69, 9.17) is 0 Å². The summed E-state index contributed by atoms with van der Waals surface area (Å²) < 4.78 is 0. The lowest BCUT2D eigenvalue weighted by molar-refractivity contribution is 0.337. The lowest BCUT2D eigenvalue weighted by Crippen LogP contribution is -2.35. The van der Waals surface area contributed by atoms with Gasteiger partial charge in [0.05, 0.1) is 0 Å². The molecule has 0 saturated carbocycles. The summed E-state index contributed by atoms with van der Waals surface area (Å²) in [7, 11) is 0. The van der Waals surface area contributed by atoms with Gasteiger partial charge in [-0.3, -0.25) is 0 Å². The second-order valence-corrected chi connectivity index (χ2v) is 6.92. The van der Waals surface area contributed by atoms with Crippen LogP contribution in [0.15, 0.2) is 0 Å². The van der Waals surface area contributed by atoms with E-state index in [1.807, 2.05) is 0 Å². The highest BCUT2D eigenvalue weighted by Gasteiger charge is 2.13. The van der Waals surface area contributed by atoms with Gasteiger partial charge in [0, 0.05) is 6.04 Å². The minimum atomic E-state index is 0.754. The molecule has 0 aromatic rings. The molecule has 0 rings (SSSR count). The molecule has 0 amide bonds. The molecule has 0 aromatic carbocycles. The van der Waals surface area contributed by atoms with Gasteiger partial charge in [0.15, 0.2) is 0 Å².